The van der Waals surface area contributed by atoms with Crippen molar-refractivity contribution in [3.8, 4) is 16.9 Å². The summed E-state index contributed by atoms with van der Waals surface area (Å²) in [5, 5.41) is 20.7. The van der Waals surface area contributed by atoms with Gasteiger partial charge in [0.25, 0.3) is 5.91 Å². The van der Waals surface area contributed by atoms with E-state index < -0.39 is 23.8 Å². The fraction of sp³-hybridized carbons (Fsp3) is 0.231. The molecule has 0 saturated carbocycles. The van der Waals surface area contributed by atoms with Crippen molar-refractivity contribution < 1.29 is 23.1 Å². The quantitative estimate of drug-likeness (QED) is 0.413. The van der Waals surface area contributed by atoms with Crippen LogP contribution in [0.3, 0.4) is 0 Å². The van der Waals surface area contributed by atoms with Gasteiger partial charge in [-0.25, -0.2) is 4.68 Å². The molecule has 1 unspecified atom stereocenters. The summed E-state index contributed by atoms with van der Waals surface area (Å²) < 4.78 is 42.3. The highest BCUT2D eigenvalue weighted by molar-refractivity contribution is 6.05. The van der Waals surface area contributed by atoms with E-state index in [1.165, 1.54) is 10.7 Å². The van der Waals surface area contributed by atoms with Gasteiger partial charge in [0.2, 0.25) is 0 Å². The smallest absolute Gasteiger partial charge is 0.391 e. The number of alkyl halides is 3. The number of benzene rings is 2. The lowest BCUT2D eigenvalue weighted by Crippen LogP contribution is -2.22. The van der Waals surface area contributed by atoms with Gasteiger partial charge in [0, 0.05) is 48.0 Å². The zero-order valence-electron chi connectivity index (χ0n) is 19.8. The number of carbonyl (C=O) groups is 1. The van der Waals surface area contributed by atoms with Crippen molar-refractivity contribution >= 4 is 17.3 Å². The van der Waals surface area contributed by atoms with Crippen LogP contribution in [0.25, 0.3) is 16.9 Å². The number of aliphatic hydroxyl groups is 1. The molecule has 2 aromatic carbocycles. The summed E-state index contributed by atoms with van der Waals surface area (Å²) in [5.74, 6) is -0.569. The van der Waals surface area contributed by atoms with Crippen molar-refractivity contribution in [1.29, 1.82) is 0 Å². The molecule has 5 rings (SSSR count). The van der Waals surface area contributed by atoms with Gasteiger partial charge in [-0.1, -0.05) is 11.3 Å². The van der Waals surface area contributed by atoms with E-state index in [9.17, 15) is 23.1 Å². The Morgan fingerprint density at radius 3 is 2.70 bits per heavy atom. The van der Waals surface area contributed by atoms with Crippen LogP contribution in [0.15, 0.2) is 67.1 Å². The normalized spacial score (nSPS) is 15.7. The standard InChI is InChI=1S/C26H23F3N6O2/c1-16-4-5-17(9-24(16)35-15-23(32-33-35)18-3-2-7-30-13-18)25(37)31-20-10-19(26(27,28)29)11-21(12-20)34-8-6-22(36)14-34/h2-5,7,9-13,15,22,36H,6,8,14H2,1H3,(H,31,37). The summed E-state index contributed by atoms with van der Waals surface area (Å²) in [6, 6.07) is 12.0. The van der Waals surface area contributed by atoms with Crippen molar-refractivity contribution in [3.63, 3.8) is 0 Å². The van der Waals surface area contributed by atoms with Gasteiger partial charge in [0.05, 0.1) is 23.6 Å². The monoisotopic (exact) mass is 508 g/mol. The van der Waals surface area contributed by atoms with E-state index in [0.29, 0.717) is 24.3 Å². The lowest BCUT2D eigenvalue weighted by Gasteiger charge is -2.21. The van der Waals surface area contributed by atoms with Crippen molar-refractivity contribution in [2.24, 2.45) is 0 Å². The molecule has 8 nitrogen and oxygen atoms in total. The minimum atomic E-state index is -4.59. The fourth-order valence-corrected chi connectivity index (χ4v) is 4.23. The topological polar surface area (TPSA) is 96.2 Å². The van der Waals surface area contributed by atoms with Gasteiger partial charge in [0.1, 0.15) is 5.69 Å². The molecule has 4 aromatic rings. The number of aryl methyl sites for hydroxylation is 1. The summed E-state index contributed by atoms with van der Waals surface area (Å²) in [6.45, 7) is 2.51. The predicted octanol–water partition coefficient (Wildman–Crippen LogP) is 4.48. The van der Waals surface area contributed by atoms with Crippen molar-refractivity contribution in [1.82, 2.24) is 20.0 Å². The number of hydrogen-bond acceptors (Lipinski definition) is 6. The van der Waals surface area contributed by atoms with Crippen LogP contribution < -0.4 is 10.2 Å². The van der Waals surface area contributed by atoms with Gasteiger partial charge in [-0.2, -0.15) is 13.2 Å². The molecular formula is C26H23F3N6O2. The Kier molecular flexibility index (Phi) is 6.38. The first-order valence-corrected chi connectivity index (χ1v) is 11.6. The van der Waals surface area contributed by atoms with Crippen LogP contribution in [-0.4, -0.2) is 50.2 Å². The molecule has 0 bridgehead atoms. The van der Waals surface area contributed by atoms with Gasteiger partial charge >= 0.3 is 6.18 Å². The highest BCUT2D eigenvalue weighted by Gasteiger charge is 2.32. The lowest BCUT2D eigenvalue weighted by atomic mass is 10.1. The number of pyridine rings is 1. The third kappa shape index (κ3) is 5.31. The SMILES string of the molecule is Cc1ccc(C(=O)Nc2cc(N3CCC(O)C3)cc(C(F)(F)F)c2)cc1-n1cc(-c2cccnc2)nn1. The number of hydrogen-bond donors (Lipinski definition) is 2. The molecule has 2 aromatic heterocycles. The molecule has 0 spiro atoms. The first-order valence-electron chi connectivity index (χ1n) is 11.6. The molecule has 1 aliphatic heterocycles. The van der Waals surface area contributed by atoms with Crippen LogP contribution in [0.4, 0.5) is 24.5 Å². The minimum absolute atomic E-state index is 0.0120. The number of rotatable bonds is 5. The molecule has 2 N–H and O–H groups in total. The van der Waals surface area contributed by atoms with Crippen molar-refractivity contribution in [2.75, 3.05) is 23.3 Å². The van der Waals surface area contributed by atoms with E-state index in [-0.39, 0.29) is 23.5 Å². The average Bonchev–Trinajstić information content (AvgIpc) is 3.54. The first-order chi connectivity index (χ1) is 17.7. The maximum atomic E-state index is 13.6. The number of anilines is 2. The van der Waals surface area contributed by atoms with Gasteiger partial charge in [-0.05, 0) is 61.4 Å². The lowest BCUT2D eigenvalue weighted by molar-refractivity contribution is -0.137. The molecule has 0 aliphatic carbocycles. The Morgan fingerprint density at radius 1 is 1.16 bits per heavy atom. The van der Waals surface area contributed by atoms with Gasteiger partial charge in [-0.15, -0.1) is 5.10 Å². The van der Waals surface area contributed by atoms with E-state index in [1.807, 2.05) is 13.0 Å². The summed E-state index contributed by atoms with van der Waals surface area (Å²) in [6.07, 6.45) is 0.303. The molecule has 1 atom stereocenters. The van der Waals surface area contributed by atoms with Crippen molar-refractivity contribution in [3.05, 3.63) is 83.8 Å². The number of nitrogens with one attached hydrogen (secondary N) is 1. The second kappa shape index (κ2) is 9.66. The molecule has 1 aliphatic rings. The second-order valence-corrected chi connectivity index (χ2v) is 8.90. The highest BCUT2D eigenvalue weighted by atomic mass is 19.4. The Hall–Kier alpha value is -4.25. The number of nitrogens with zero attached hydrogens (tertiary/aromatic N) is 5. The average molecular weight is 509 g/mol. The fourth-order valence-electron chi connectivity index (χ4n) is 4.23. The maximum Gasteiger partial charge on any atom is 0.416 e. The van der Waals surface area contributed by atoms with Crippen LogP contribution in [-0.2, 0) is 6.18 Å². The van der Waals surface area contributed by atoms with E-state index in [4.69, 9.17) is 0 Å². The van der Waals surface area contributed by atoms with Gasteiger partial charge in [0.15, 0.2) is 0 Å². The molecular weight excluding hydrogens is 485 g/mol. The largest absolute Gasteiger partial charge is 0.416 e. The zero-order valence-corrected chi connectivity index (χ0v) is 19.8. The molecule has 11 heteroatoms. The summed E-state index contributed by atoms with van der Waals surface area (Å²) >= 11 is 0. The summed E-state index contributed by atoms with van der Waals surface area (Å²) in [7, 11) is 0. The Balaban J connectivity index is 1.42. The number of aromatic nitrogens is 4. The van der Waals surface area contributed by atoms with E-state index >= 15 is 0 Å². The zero-order chi connectivity index (χ0) is 26.2. The van der Waals surface area contributed by atoms with Crippen LogP contribution in [0.1, 0.15) is 27.9 Å². The highest BCUT2D eigenvalue weighted by Crippen LogP contribution is 2.35. The molecule has 190 valence electrons. The number of β-amino-alcohol motifs (C(OH)–C–C–N with tert-alkyl or cyclic N) is 1. The predicted molar refractivity (Wildman–Crippen MR) is 132 cm³/mol. The van der Waals surface area contributed by atoms with Crippen LogP contribution in [0.2, 0.25) is 0 Å². The Bertz CT molecular complexity index is 1440. The van der Waals surface area contributed by atoms with E-state index in [1.54, 1.807) is 47.8 Å². The second-order valence-electron chi connectivity index (χ2n) is 8.90. The summed E-state index contributed by atoms with van der Waals surface area (Å²) in [5.41, 5.74) is 2.48. The Labute approximate surface area is 210 Å². The van der Waals surface area contributed by atoms with E-state index in [2.05, 4.69) is 20.6 Å². The molecule has 3 heterocycles. The minimum Gasteiger partial charge on any atom is -0.391 e. The third-order valence-corrected chi connectivity index (χ3v) is 6.20. The first kappa shape index (κ1) is 24.4. The number of amides is 1. The number of carbonyl (C=O) groups excluding carboxylic acids is 1. The number of halogens is 3. The molecule has 1 saturated heterocycles. The van der Waals surface area contributed by atoms with Gasteiger partial charge < -0.3 is 15.3 Å². The molecule has 1 amide bonds. The third-order valence-electron chi connectivity index (χ3n) is 6.20. The molecule has 0 radical (unpaired) electrons. The molecule has 37 heavy (non-hydrogen) atoms. The summed E-state index contributed by atoms with van der Waals surface area (Å²) in [4.78, 5) is 18.8. The van der Waals surface area contributed by atoms with E-state index in [0.717, 1.165) is 23.3 Å². The van der Waals surface area contributed by atoms with Crippen LogP contribution >= 0.6 is 0 Å². The number of aliphatic hydroxyl groups excluding tert-OH is 1. The van der Waals surface area contributed by atoms with Crippen molar-refractivity contribution in [2.45, 2.75) is 25.6 Å². The maximum absolute atomic E-state index is 13.6. The van der Waals surface area contributed by atoms with Gasteiger partial charge in [-0.3, -0.25) is 9.78 Å². The Morgan fingerprint density at radius 2 is 2.00 bits per heavy atom. The van der Waals surface area contributed by atoms with Crippen LogP contribution in [0, 0.1) is 6.92 Å². The van der Waals surface area contributed by atoms with Crippen LogP contribution in [0.5, 0.6) is 0 Å². The molecule has 1 fully saturated rings.